The van der Waals surface area contributed by atoms with Crippen LogP contribution in [0.15, 0.2) is 47.5 Å². The van der Waals surface area contributed by atoms with Crippen molar-refractivity contribution in [2.24, 2.45) is 4.99 Å². The van der Waals surface area contributed by atoms with Gasteiger partial charge >= 0.3 is 0 Å². The Kier molecular flexibility index (Phi) is 7.95. The number of methoxy groups -OCH3 is 1. The summed E-state index contributed by atoms with van der Waals surface area (Å²) in [7, 11) is 4.97. The summed E-state index contributed by atoms with van der Waals surface area (Å²) in [6.07, 6.45) is 0.774. The van der Waals surface area contributed by atoms with Crippen LogP contribution in [-0.2, 0) is 13.0 Å². The fourth-order valence-corrected chi connectivity index (χ4v) is 2.76. The van der Waals surface area contributed by atoms with Crippen molar-refractivity contribution < 1.29 is 9.53 Å². The number of hydrogen-bond donors (Lipinski definition) is 3. The van der Waals surface area contributed by atoms with E-state index in [1.165, 1.54) is 0 Å². The van der Waals surface area contributed by atoms with Crippen LogP contribution in [0.2, 0.25) is 5.02 Å². The van der Waals surface area contributed by atoms with Gasteiger partial charge in [0.2, 0.25) is 0 Å². The first kappa shape index (κ1) is 20.6. The summed E-state index contributed by atoms with van der Waals surface area (Å²) in [5.41, 5.74) is 2.73. The van der Waals surface area contributed by atoms with Gasteiger partial charge in [-0.3, -0.25) is 9.79 Å². The van der Waals surface area contributed by atoms with E-state index in [1.807, 2.05) is 30.3 Å². The van der Waals surface area contributed by atoms with E-state index >= 15 is 0 Å². The summed E-state index contributed by atoms with van der Waals surface area (Å²) in [6, 6.07) is 13.1. The molecule has 0 aliphatic heterocycles. The van der Waals surface area contributed by atoms with Crippen LogP contribution < -0.4 is 20.7 Å². The number of nitrogens with one attached hydrogen (secondary N) is 3. The monoisotopic (exact) mass is 388 g/mol. The van der Waals surface area contributed by atoms with Gasteiger partial charge in [0.1, 0.15) is 5.75 Å². The first-order chi connectivity index (χ1) is 13.1. The molecule has 0 radical (unpaired) electrons. The lowest BCUT2D eigenvalue weighted by Gasteiger charge is -2.14. The minimum atomic E-state index is -0.0841. The number of nitrogens with zero attached hydrogens (tertiary/aromatic N) is 1. The summed E-state index contributed by atoms with van der Waals surface area (Å²) in [5.74, 6) is 1.34. The third-order valence-electron chi connectivity index (χ3n) is 4.04. The van der Waals surface area contributed by atoms with Gasteiger partial charge in [-0.25, -0.2) is 0 Å². The number of halogens is 1. The zero-order chi connectivity index (χ0) is 19.6. The number of hydrogen-bond acceptors (Lipinski definition) is 3. The van der Waals surface area contributed by atoms with Gasteiger partial charge in [0.15, 0.2) is 5.96 Å². The molecule has 2 rings (SSSR count). The zero-order valence-corrected chi connectivity index (χ0v) is 16.6. The maximum absolute atomic E-state index is 11.7. The fraction of sp³-hybridized carbons (Fsp3) is 0.300. The van der Waals surface area contributed by atoms with E-state index in [4.69, 9.17) is 16.3 Å². The van der Waals surface area contributed by atoms with Crippen molar-refractivity contribution in [3.8, 4) is 5.75 Å². The van der Waals surface area contributed by atoms with E-state index in [2.05, 4.69) is 20.9 Å². The Morgan fingerprint density at radius 2 is 2.00 bits per heavy atom. The minimum Gasteiger partial charge on any atom is -0.496 e. The van der Waals surface area contributed by atoms with E-state index < -0.39 is 0 Å². The molecule has 0 aliphatic carbocycles. The first-order valence-electron chi connectivity index (χ1n) is 8.65. The van der Waals surface area contributed by atoms with E-state index in [1.54, 1.807) is 33.3 Å². The highest BCUT2D eigenvalue weighted by Gasteiger charge is 2.06. The van der Waals surface area contributed by atoms with Crippen molar-refractivity contribution >= 4 is 23.5 Å². The molecule has 0 bridgehead atoms. The van der Waals surface area contributed by atoms with Gasteiger partial charge in [0.05, 0.1) is 7.11 Å². The molecule has 0 aliphatic rings. The van der Waals surface area contributed by atoms with Crippen LogP contribution in [0.1, 0.15) is 21.5 Å². The second-order valence-electron chi connectivity index (χ2n) is 5.84. The molecule has 0 heterocycles. The Labute approximate surface area is 165 Å². The standard InChI is InChI=1S/C20H25ClN4O2/c1-22-19(26)15-6-4-5-14(11-15)9-10-24-20(23-2)25-13-16-7-8-17(21)12-18(16)27-3/h4-8,11-12H,9-10,13H2,1-3H3,(H,22,26)(H2,23,24,25). The van der Waals surface area contributed by atoms with Gasteiger partial charge in [0.25, 0.3) is 5.91 Å². The highest BCUT2D eigenvalue weighted by molar-refractivity contribution is 6.30. The minimum absolute atomic E-state index is 0.0841. The number of guanidine groups is 1. The number of carbonyl (C=O) groups excluding carboxylic acids is 1. The van der Waals surface area contributed by atoms with Crippen LogP contribution in [0.5, 0.6) is 5.75 Å². The summed E-state index contributed by atoms with van der Waals surface area (Å²) in [5, 5.41) is 9.80. The van der Waals surface area contributed by atoms with Gasteiger partial charge in [-0.15, -0.1) is 0 Å². The Morgan fingerprint density at radius 1 is 1.19 bits per heavy atom. The molecule has 0 atom stereocenters. The van der Waals surface area contributed by atoms with E-state index in [9.17, 15) is 4.79 Å². The Balaban J connectivity index is 1.87. The zero-order valence-electron chi connectivity index (χ0n) is 15.8. The average molecular weight is 389 g/mol. The van der Waals surface area contributed by atoms with Gasteiger partial charge in [-0.2, -0.15) is 0 Å². The van der Waals surface area contributed by atoms with Crippen LogP contribution >= 0.6 is 11.6 Å². The molecule has 0 unspecified atom stereocenters. The largest absolute Gasteiger partial charge is 0.496 e. The molecular formula is C20H25ClN4O2. The number of benzene rings is 2. The Hall–Kier alpha value is -2.73. The third-order valence-corrected chi connectivity index (χ3v) is 4.28. The van der Waals surface area contributed by atoms with Crippen molar-refractivity contribution in [3.63, 3.8) is 0 Å². The van der Waals surface area contributed by atoms with Crippen molar-refractivity contribution in [2.45, 2.75) is 13.0 Å². The van der Waals surface area contributed by atoms with Crippen LogP contribution in [0.25, 0.3) is 0 Å². The first-order valence-corrected chi connectivity index (χ1v) is 9.03. The number of aliphatic imine (C=N–C) groups is 1. The van der Waals surface area contributed by atoms with Crippen LogP contribution in [-0.4, -0.2) is 39.6 Å². The van der Waals surface area contributed by atoms with Gasteiger partial charge in [-0.1, -0.05) is 29.8 Å². The maximum Gasteiger partial charge on any atom is 0.251 e. The van der Waals surface area contributed by atoms with Crippen molar-refractivity contribution in [2.75, 3.05) is 27.7 Å². The average Bonchev–Trinajstić information content (AvgIpc) is 2.70. The summed E-state index contributed by atoms with van der Waals surface area (Å²) in [6.45, 7) is 1.25. The molecule has 0 aromatic heterocycles. The second-order valence-corrected chi connectivity index (χ2v) is 6.27. The van der Waals surface area contributed by atoms with Gasteiger partial charge in [-0.05, 0) is 36.2 Å². The van der Waals surface area contributed by atoms with Gasteiger partial charge < -0.3 is 20.7 Å². The summed E-state index contributed by atoms with van der Waals surface area (Å²) >= 11 is 5.99. The lowest BCUT2D eigenvalue weighted by molar-refractivity contribution is 0.0963. The number of carbonyl (C=O) groups is 1. The molecular weight excluding hydrogens is 364 g/mol. The third kappa shape index (κ3) is 6.18. The molecule has 27 heavy (non-hydrogen) atoms. The smallest absolute Gasteiger partial charge is 0.251 e. The van der Waals surface area contributed by atoms with Crippen molar-refractivity contribution in [1.29, 1.82) is 0 Å². The fourth-order valence-electron chi connectivity index (χ4n) is 2.60. The normalized spacial score (nSPS) is 11.0. The second kappa shape index (κ2) is 10.4. The van der Waals surface area contributed by atoms with Gasteiger partial charge in [0, 0.05) is 43.3 Å². The van der Waals surface area contributed by atoms with E-state index in [-0.39, 0.29) is 5.91 Å². The molecule has 0 spiro atoms. The molecule has 6 nitrogen and oxygen atoms in total. The predicted octanol–water partition coefficient (Wildman–Crippen LogP) is 2.62. The molecule has 2 aromatic carbocycles. The lowest BCUT2D eigenvalue weighted by Crippen LogP contribution is -2.37. The molecule has 144 valence electrons. The molecule has 2 aromatic rings. The Morgan fingerprint density at radius 3 is 2.70 bits per heavy atom. The molecule has 0 fully saturated rings. The highest BCUT2D eigenvalue weighted by atomic mass is 35.5. The quantitative estimate of drug-likeness (QED) is 0.503. The Bertz CT molecular complexity index is 808. The number of rotatable bonds is 7. The molecule has 0 saturated heterocycles. The van der Waals surface area contributed by atoms with Crippen molar-refractivity contribution in [3.05, 3.63) is 64.2 Å². The molecule has 0 saturated carbocycles. The van der Waals surface area contributed by atoms with Crippen molar-refractivity contribution in [1.82, 2.24) is 16.0 Å². The topological polar surface area (TPSA) is 74.8 Å². The van der Waals surface area contributed by atoms with Crippen LogP contribution in [0.3, 0.4) is 0 Å². The number of ether oxygens (including phenoxy) is 1. The number of amides is 1. The molecule has 7 heteroatoms. The molecule has 3 N–H and O–H groups in total. The molecule has 1 amide bonds. The van der Waals surface area contributed by atoms with E-state index in [0.29, 0.717) is 29.6 Å². The van der Waals surface area contributed by atoms with Crippen LogP contribution in [0.4, 0.5) is 0 Å². The van der Waals surface area contributed by atoms with E-state index in [0.717, 1.165) is 23.3 Å². The predicted molar refractivity (Wildman–Crippen MR) is 110 cm³/mol. The summed E-state index contributed by atoms with van der Waals surface area (Å²) < 4.78 is 5.35. The SMILES string of the molecule is CN=C(NCCc1cccc(C(=O)NC)c1)NCc1ccc(Cl)cc1OC. The highest BCUT2D eigenvalue weighted by Crippen LogP contribution is 2.22. The lowest BCUT2D eigenvalue weighted by atomic mass is 10.1. The van der Waals surface area contributed by atoms with Crippen LogP contribution in [0, 0.1) is 0 Å². The maximum atomic E-state index is 11.7. The summed E-state index contributed by atoms with van der Waals surface area (Å²) in [4.78, 5) is 15.9.